The van der Waals surface area contributed by atoms with Crippen LogP contribution in [0.4, 0.5) is 5.69 Å². The molecule has 0 aliphatic rings. The van der Waals surface area contributed by atoms with Crippen LogP contribution in [0.3, 0.4) is 0 Å². The second kappa shape index (κ2) is 8.21. The molecule has 1 amide bonds. The molecule has 0 aliphatic carbocycles. The lowest BCUT2D eigenvalue weighted by Crippen LogP contribution is -2.25. The third kappa shape index (κ3) is 4.19. The van der Waals surface area contributed by atoms with Crippen LogP contribution in [0.15, 0.2) is 53.1 Å². The van der Waals surface area contributed by atoms with E-state index in [0.717, 1.165) is 22.4 Å². The Morgan fingerprint density at radius 1 is 1.07 bits per heavy atom. The first-order valence-corrected chi connectivity index (χ1v) is 9.31. The van der Waals surface area contributed by atoms with Gasteiger partial charge in [0.1, 0.15) is 5.76 Å². The van der Waals surface area contributed by atoms with Crippen molar-refractivity contribution >= 4 is 17.4 Å². The molecule has 2 aromatic carbocycles. The summed E-state index contributed by atoms with van der Waals surface area (Å²) in [6.07, 6.45) is 2.24. The predicted octanol–water partition coefficient (Wildman–Crippen LogP) is 4.76. The van der Waals surface area contributed by atoms with Gasteiger partial charge in [0, 0.05) is 24.7 Å². The number of benzene rings is 2. The zero-order valence-corrected chi connectivity index (χ0v) is 16.7. The molecule has 0 spiro atoms. The topological polar surface area (TPSA) is 63.4 Å². The minimum Gasteiger partial charge on any atom is -0.446 e. The van der Waals surface area contributed by atoms with E-state index in [-0.39, 0.29) is 18.1 Å². The summed E-state index contributed by atoms with van der Waals surface area (Å²) in [6.45, 7) is 5.68. The number of aromatic nitrogens is 1. The number of rotatable bonds is 6. The second-order valence-electron chi connectivity index (χ2n) is 6.85. The Morgan fingerprint density at radius 3 is 2.36 bits per heavy atom. The molecule has 0 saturated heterocycles. The number of carbonyl (C=O) groups excluding carboxylic acids is 2. The van der Waals surface area contributed by atoms with Gasteiger partial charge in [0.05, 0.1) is 12.6 Å². The van der Waals surface area contributed by atoms with E-state index in [0.29, 0.717) is 23.6 Å². The maximum absolute atomic E-state index is 12.4. The Hall–Kier alpha value is -3.21. The van der Waals surface area contributed by atoms with Gasteiger partial charge in [-0.25, -0.2) is 4.98 Å². The fourth-order valence-corrected chi connectivity index (χ4v) is 3.12. The zero-order valence-electron chi connectivity index (χ0n) is 16.7. The van der Waals surface area contributed by atoms with E-state index in [1.807, 2.05) is 56.3 Å². The average Bonchev–Trinajstić information content (AvgIpc) is 3.11. The molecule has 0 bridgehead atoms. The molecule has 5 heteroatoms. The Balaban J connectivity index is 1.77. The summed E-state index contributed by atoms with van der Waals surface area (Å²) < 4.78 is 5.38. The lowest BCUT2D eigenvalue weighted by atomic mass is 9.97. The smallest absolute Gasteiger partial charge is 0.226 e. The summed E-state index contributed by atoms with van der Waals surface area (Å²) in [6, 6.07) is 13.5. The van der Waals surface area contributed by atoms with Crippen LogP contribution in [-0.2, 0) is 11.2 Å². The van der Waals surface area contributed by atoms with Crippen LogP contribution in [0.2, 0.25) is 0 Å². The number of ketones is 1. The number of carbonyl (C=O) groups is 2. The summed E-state index contributed by atoms with van der Waals surface area (Å²) >= 11 is 0. The van der Waals surface area contributed by atoms with E-state index in [1.165, 1.54) is 0 Å². The van der Waals surface area contributed by atoms with E-state index >= 15 is 0 Å². The highest BCUT2D eigenvalue weighted by atomic mass is 16.4. The molecule has 1 aromatic heterocycles. The van der Waals surface area contributed by atoms with Gasteiger partial charge >= 0.3 is 0 Å². The summed E-state index contributed by atoms with van der Waals surface area (Å²) in [5.41, 5.74) is 4.67. The number of anilines is 1. The SMILES string of the molecule is CCC(=O)N(C)c1ccc(-c2ccc(C(=O)Cc3ncc(C)o3)cc2)c(C)c1. The van der Waals surface area contributed by atoms with Gasteiger partial charge < -0.3 is 9.32 Å². The molecule has 0 fully saturated rings. The Morgan fingerprint density at radius 2 is 1.79 bits per heavy atom. The van der Waals surface area contributed by atoms with Crippen LogP contribution in [0, 0.1) is 13.8 Å². The molecule has 0 saturated carbocycles. The number of hydrogen-bond donors (Lipinski definition) is 0. The van der Waals surface area contributed by atoms with Crippen LogP contribution in [0.5, 0.6) is 0 Å². The van der Waals surface area contributed by atoms with Crippen molar-refractivity contribution in [2.24, 2.45) is 0 Å². The minimum atomic E-state index is -0.0276. The molecule has 28 heavy (non-hydrogen) atoms. The number of Topliss-reactive ketones (excluding diaryl/α,β-unsaturated/α-hetero) is 1. The predicted molar refractivity (Wildman–Crippen MR) is 110 cm³/mol. The molecule has 3 rings (SSSR count). The minimum absolute atomic E-state index is 0.0276. The van der Waals surface area contributed by atoms with Crippen molar-refractivity contribution < 1.29 is 14.0 Å². The fraction of sp³-hybridized carbons (Fsp3) is 0.261. The Kier molecular flexibility index (Phi) is 5.73. The lowest BCUT2D eigenvalue weighted by Gasteiger charge is -2.18. The van der Waals surface area contributed by atoms with Crippen LogP contribution < -0.4 is 4.90 Å². The number of oxazole rings is 1. The van der Waals surface area contributed by atoms with Gasteiger partial charge in [0.15, 0.2) is 5.78 Å². The highest BCUT2D eigenvalue weighted by Crippen LogP contribution is 2.28. The van der Waals surface area contributed by atoms with Crippen molar-refractivity contribution in [1.29, 1.82) is 0 Å². The van der Waals surface area contributed by atoms with E-state index in [1.54, 1.807) is 25.1 Å². The summed E-state index contributed by atoms with van der Waals surface area (Å²) in [5, 5.41) is 0. The summed E-state index contributed by atoms with van der Waals surface area (Å²) in [7, 11) is 1.79. The van der Waals surface area contributed by atoms with Crippen molar-refractivity contribution in [3.63, 3.8) is 0 Å². The molecule has 0 atom stereocenters. The zero-order chi connectivity index (χ0) is 20.3. The molecule has 0 aliphatic heterocycles. The van der Waals surface area contributed by atoms with Gasteiger partial charge in [-0.3, -0.25) is 9.59 Å². The monoisotopic (exact) mass is 376 g/mol. The normalized spacial score (nSPS) is 10.7. The quantitative estimate of drug-likeness (QED) is 0.582. The van der Waals surface area contributed by atoms with Gasteiger partial charge in [-0.15, -0.1) is 0 Å². The molecular weight excluding hydrogens is 352 g/mol. The number of amides is 1. The van der Waals surface area contributed by atoms with Crippen molar-refractivity contribution in [3.05, 3.63) is 71.4 Å². The van der Waals surface area contributed by atoms with E-state index in [4.69, 9.17) is 4.42 Å². The number of aryl methyl sites for hydroxylation is 2. The van der Waals surface area contributed by atoms with Crippen LogP contribution in [0.25, 0.3) is 11.1 Å². The third-order valence-electron chi connectivity index (χ3n) is 4.77. The van der Waals surface area contributed by atoms with Crippen molar-refractivity contribution in [1.82, 2.24) is 4.98 Å². The first-order chi connectivity index (χ1) is 13.4. The molecular formula is C23H24N2O3. The van der Waals surface area contributed by atoms with Crippen LogP contribution in [-0.4, -0.2) is 23.7 Å². The van der Waals surface area contributed by atoms with Crippen molar-refractivity contribution in [3.8, 4) is 11.1 Å². The first-order valence-electron chi connectivity index (χ1n) is 9.31. The molecule has 3 aromatic rings. The van der Waals surface area contributed by atoms with Gasteiger partial charge in [0.2, 0.25) is 11.8 Å². The molecule has 144 valence electrons. The maximum atomic E-state index is 12.4. The number of nitrogens with zero attached hydrogens (tertiary/aromatic N) is 2. The standard InChI is InChI=1S/C23H24N2O3/c1-5-23(27)25(4)19-10-11-20(15(2)12-19)17-6-8-18(9-7-17)21(26)13-22-24-14-16(3)28-22/h6-12,14H,5,13H2,1-4H3. The first kappa shape index (κ1) is 19.5. The fourth-order valence-electron chi connectivity index (χ4n) is 3.12. The van der Waals surface area contributed by atoms with Crippen molar-refractivity contribution in [2.75, 3.05) is 11.9 Å². The Bertz CT molecular complexity index is 1000. The van der Waals surface area contributed by atoms with Crippen molar-refractivity contribution in [2.45, 2.75) is 33.6 Å². The largest absolute Gasteiger partial charge is 0.446 e. The molecule has 0 N–H and O–H groups in total. The summed E-state index contributed by atoms with van der Waals surface area (Å²) in [4.78, 5) is 30.1. The summed E-state index contributed by atoms with van der Waals surface area (Å²) in [5.74, 6) is 1.18. The molecule has 5 nitrogen and oxygen atoms in total. The molecule has 0 unspecified atom stereocenters. The second-order valence-corrected chi connectivity index (χ2v) is 6.85. The molecule has 0 radical (unpaired) electrons. The number of hydrogen-bond acceptors (Lipinski definition) is 4. The van der Waals surface area contributed by atoms with Crippen LogP contribution in [0.1, 0.15) is 40.9 Å². The highest BCUT2D eigenvalue weighted by Gasteiger charge is 2.13. The average molecular weight is 376 g/mol. The van der Waals surface area contributed by atoms with Gasteiger partial charge in [-0.2, -0.15) is 0 Å². The molecule has 1 heterocycles. The third-order valence-corrected chi connectivity index (χ3v) is 4.77. The Labute approximate surface area is 165 Å². The van der Waals surface area contributed by atoms with Gasteiger partial charge in [-0.05, 0) is 42.7 Å². The van der Waals surface area contributed by atoms with Gasteiger partial charge in [-0.1, -0.05) is 37.3 Å². The maximum Gasteiger partial charge on any atom is 0.226 e. The highest BCUT2D eigenvalue weighted by molar-refractivity contribution is 5.97. The lowest BCUT2D eigenvalue weighted by molar-refractivity contribution is -0.118. The van der Waals surface area contributed by atoms with E-state index in [9.17, 15) is 9.59 Å². The van der Waals surface area contributed by atoms with E-state index < -0.39 is 0 Å². The van der Waals surface area contributed by atoms with Gasteiger partial charge in [0.25, 0.3) is 0 Å². The van der Waals surface area contributed by atoms with E-state index in [2.05, 4.69) is 4.98 Å². The van der Waals surface area contributed by atoms with Crippen LogP contribution >= 0.6 is 0 Å².